The lowest BCUT2D eigenvalue weighted by Gasteiger charge is -2.44. The van der Waals surface area contributed by atoms with Crippen molar-refractivity contribution in [3.63, 3.8) is 0 Å². The summed E-state index contributed by atoms with van der Waals surface area (Å²) in [5, 5.41) is 8.41. The fraction of sp³-hybridized carbons (Fsp3) is 1.00. The van der Waals surface area contributed by atoms with Crippen LogP contribution in [0.15, 0.2) is 0 Å². The maximum Gasteiger partial charge on any atom is 0.460 e. The van der Waals surface area contributed by atoms with E-state index in [1.807, 2.05) is 0 Å². The molecule has 218 valence electrons. The van der Waals surface area contributed by atoms with Crippen molar-refractivity contribution in [3.8, 4) is 0 Å². The van der Waals surface area contributed by atoms with E-state index < -0.39 is 76.4 Å². The van der Waals surface area contributed by atoms with Gasteiger partial charge in [-0.3, -0.25) is 0 Å². The molecule has 0 saturated heterocycles. The molecule has 23 heteroatoms. The predicted octanol–water partition coefficient (Wildman–Crippen LogP) is 7.45. The van der Waals surface area contributed by atoms with Crippen LogP contribution < -0.4 is 0 Å². The first-order valence-corrected chi connectivity index (χ1v) is 9.17. The van der Waals surface area contributed by atoms with Crippen LogP contribution in [-0.2, 0) is 0 Å². The van der Waals surface area contributed by atoms with Gasteiger partial charge in [-0.25, -0.2) is 0 Å². The van der Waals surface area contributed by atoms with Crippen molar-refractivity contribution in [1.29, 1.82) is 0 Å². The quantitative estimate of drug-likeness (QED) is 0.135. The second-order valence-corrected chi connectivity index (χ2v) is 8.54. The van der Waals surface area contributed by atoms with E-state index in [0.29, 0.717) is 22.6 Å². The van der Waals surface area contributed by atoms with Crippen molar-refractivity contribution in [2.75, 3.05) is 6.61 Å². The first-order valence-electron chi connectivity index (χ1n) is 7.92. The molecule has 0 aliphatic heterocycles. The van der Waals surface area contributed by atoms with Gasteiger partial charge in [0.2, 0.25) is 0 Å². The van der Waals surface area contributed by atoms with Crippen LogP contribution in [0.5, 0.6) is 0 Å². The van der Waals surface area contributed by atoms with Crippen molar-refractivity contribution < 1.29 is 97.3 Å². The first-order chi connectivity index (χ1) is 15.2. The van der Waals surface area contributed by atoms with Crippen LogP contribution in [0.4, 0.5) is 92.2 Å². The molecule has 0 spiro atoms. The predicted molar refractivity (Wildman–Crippen MR) is 80.1 cm³/mol. The van der Waals surface area contributed by atoms with Gasteiger partial charge in [-0.05, 0) is 0 Å². The third-order valence-electron chi connectivity index (χ3n) is 4.25. The minimum absolute atomic E-state index is 0.572. The zero-order valence-corrected chi connectivity index (χ0v) is 17.9. The maximum absolute atomic E-state index is 13.5. The molecule has 0 heterocycles. The Bertz CT molecular complexity index is 783. The number of hydrogen-bond acceptors (Lipinski definition) is 1. The van der Waals surface area contributed by atoms with Gasteiger partial charge in [0.15, 0.2) is 0 Å². The summed E-state index contributed by atoms with van der Waals surface area (Å²) in [4.78, 5) is 0. The highest BCUT2D eigenvalue weighted by Crippen LogP contribution is 2.66. The van der Waals surface area contributed by atoms with E-state index in [2.05, 4.69) is 0 Å². The molecule has 1 atom stereocenters. The summed E-state index contributed by atoms with van der Waals surface area (Å²) >= 11 is 0.572. The van der Waals surface area contributed by atoms with Gasteiger partial charge in [0.05, 0.1) is 6.61 Å². The molecular weight excluding hydrogens is 698 g/mol. The Morgan fingerprint density at radius 3 is 0.861 bits per heavy atom. The van der Waals surface area contributed by atoms with Crippen molar-refractivity contribution in [2.24, 2.45) is 0 Å². The summed E-state index contributed by atoms with van der Waals surface area (Å²) in [7, 11) is 0. The summed E-state index contributed by atoms with van der Waals surface area (Å²) in [6, 6.07) is 0. The average molecular weight is 704 g/mol. The Hall–Kier alpha value is -0.780. The van der Waals surface area contributed by atoms with Crippen molar-refractivity contribution in [3.05, 3.63) is 0 Å². The first kappa shape index (κ1) is 35.2. The Morgan fingerprint density at radius 1 is 0.417 bits per heavy atom. The summed E-state index contributed by atoms with van der Waals surface area (Å²) in [5.41, 5.74) is 0. The summed E-state index contributed by atoms with van der Waals surface area (Å²) in [5.74, 6) is -76.9. The molecule has 0 fully saturated rings. The lowest BCUT2D eigenvalue weighted by molar-refractivity contribution is -0.474. The molecule has 0 aromatic rings. The molecule has 36 heavy (non-hydrogen) atoms. The zero-order valence-electron chi connectivity index (χ0n) is 15.8. The highest BCUT2D eigenvalue weighted by molar-refractivity contribution is 14.1. The molecular formula is C13H6F21IO. The fourth-order valence-electron chi connectivity index (χ4n) is 2.06. The Balaban J connectivity index is 7.00. The highest BCUT2D eigenvalue weighted by atomic mass is 127. The zero-order chi connectivity index (χ0) is 30.0. The number of rotatable bonds is 11. The van der Waals surface area contributed by atoms with E-state index in [1.165, 1.54) is 0 Å². The monoisotopic (exact) mass is 704 g/mol. The van der Waals surface area contributed by atoms with Crippen LogP contribution in [0, 0.1) is 0 Å². The van der Waals surface area contributed by atoms with E-state index in [-0.39, 0.29) is 0 Å². The molecule has 0 aliphatic rings. The molecule has 0 amide bonds. The van der Waals surface area contributed by atoms with E-state index in [4.69, 9.17) is 5.11 Å². The van der Waals surface area contributed by atoms with Crippen LogP contribution in [0.3, 0.4) is 0 Å². The normalized spacial score (nSPS) is 17.4. The van der Waals surface area contributed by atoms with Crippen LogP contribution >= 0.6 is 22.6 Å². The van der Waals surface area contributed by atoms with Gasteiger partial charge in [-0.1, -0.05) is 22.6 Å². The summed E-state index contributed by atoms with van der Waals surface area (Å²) < 4.78 is 273. The van der Waals surface area contributed by atoms with E-state index >= 15 is 0 Å². The van der Waals surface area contributed by atoms with Crippen LogP contribution in [-0.4, -0.2) is 75.1 Å². The largest absolute Gasteiger partial charge is 0.460 e. The molecule has 1 N–H and O–H groups in total. The highest BCUT2D eigenvalue weighted by Gasteiger charge is 2.97. The molecule has 0 saturated carbocycles. The van der Waals surface area contributed by atoms with Crippen molar-refractivity contribution in [2.45, 2.75) is 69.8 Å². The minimum atomic E-state index is -9.17. The third kappa shape index (κ3) is 4.53. The molecule has 0 radical (unpaired) electrons. The number of halogens is 22. The van der Waals surface area contributed by atoms with Gasteiger partial charge < -0.3 is 5.11 Å². The van der Waals surface area contributed by atoms with Crippen LogP contribution in [0.25, 0.3) is 0 Å². The molecule has 1 unspecified atom stereocenters. The van der Waals surface area contributed by atoms with Crippen LogP contribution in [0.2, 0.25) is 0 Å². The Kier molecular flexibility index (Phi) is 8.96. The fourth-order valence-corrected chi connectivity index (χ4v) is 2.61. The molecule has 0 aromatic heterocycles. The van der Waals surface area contributed by atoms with Crippen LogP contribution in [0.1, 0.15) is 6.42 Å². The second kappa shape index (κ2) is 9.16. The summed E-state index contributed by atoms with van der Waals surface area (Å²) in [6.07, 6.45) is -10.8. The summed E-state index contributed by atoms with van der Waals surface area (Å²) in [6.45, 7) is -1.61. The Morgan fingerprint density at radius 2 is 0.639 bits per heavy atom. The van der Waals surface area contributed by atoms with Gasteiger partial charge in [-0.2, -0.15) is 92.2 Å². The topological polar surface area (TPSA) is 20.2 Å². The van der Waals surface area contributed by atoms with Gasteiger partial charge in [0.1, 0.15) is 0 Å². The number of alkyl halides is 22. The average Bonchev–Trinajstić information content (AvgIpc) is 2.65. The van der Waals surface area contributed by atoms with Gasteiger partial charge in [-0.15, -0.1) is 0 Å². The number of hydrogen-bond donors (Lipinski definition) is 1. The second-order valence-electron chi connectivity index (χ2n) is 6.78. The van der Waals surface area contributed by atoms with E-state index in [9.17, 15) is 92.2 Å². The van der Waals surface area contributed by atoms with E-state index in [1.54, 1.807) is 0 Å². The standard InChI is InChI=1S/C13H6F21IO/c14-4(15,1-3(35)2-36)5(16,17)6(18,19)7(20,21)8(22,23)9(24,25)10(26,27)11(28,29)12(30,31)13(32,33)34/h3,36H,1-2H2. The van der Waals surface area contributed by atoms with Gasteiger partial charge in [0, 0.05) is 10.3 Å². The van der Waals surface area contributed by atoms with Gasteiger partial charge in [0.25, 0.3) is 0 Å². The van der Waals surface area contributed by atoms with Crippen molar-refractivity contribution >= 4 is 22.6 Å². The van der Waals surface area contributed by atoms with Crippen molar-refractivity contribution in [1.82, 2.24) is 0 Å². The molecule has 0 aromatic carbocycles. The number of aliphatic hydroxyl groups is 1. The maximum atomic E-state index is 13.5. The Labute approximate surface area is 197 Å². The number of aliphatic hydroxyl groups excluding tert-OH is 1. The smallest absolute Gasteiger partial charge is 0.395 e. The SMILES string of the molecule is OCC(I)CC(F)(F)C(F)(F)C(F)(F)C(F)(F)C(F)(F)C(F)(F)C(F)(F)C(F)(F)C(F)(F)C(F)(F)F. The minimum Gasteiger partial charge on any atom is -0.395 e. The molecule has 0 aliphatic carbocycles. The lowest BCUT2D eigenvalue weighted by atomic mass is 9.85. The van der Waals surface area contributed by atoms with E-state index in [0.717, 1.165) is 0 Å². The molecule has 0 bridgehead atoms. The third-order valence-corrected chi connectivity index (χ3v) is 5.09. The lowest BCUT2D eigenvalue weighted by Crippen LogP contribution is -2.76. The molecule has 0 rings (SSSR count). The molecule has 1 nitrogen and oxygen atoms in total. The van der Waals surface area contributed by atoms with Gasteiger partial charge >= 0.3 is 59.5 Å².